The predicted octanol–water partition coefficient (Wildman–Crippen LogP) is 3.10. The van der Waals surface area contributed by atoms with Crippen molar-refractivity contribution < 1.29 is 18.3 Å². The van der Waals surface area contributed by atoms with E-state index in [9.17, 15) is 13.2 Å². The third-order valence-corrected chi connectivity index (χ3v) is 3.39. The quantitative estimate of drug-likeness (QED) is 0.830. The fourth-order valence-electron chi connectivity index (χ4n) is 1.49. The Labute approximate surface area is 102 Å². The van der Waals surface area contributed by atoms with Gasteiger partial charge in [-0.1, -0.05) is 19.4 Å². The number of alkyl halides is 3. The van der Waals surface area contributed by atoms with Crippen LogP contribution in [0.2, 0.25) is 0 Å². The Morgan fingerprint density at radius 2 is 2.18 bits per heavy atom. The molecule has 98 valence electrons. The van der Waals surface area contributed by atoms with Gasteiger partial charge in [-0.3, -0.25) is 0 Å². The van der Waals surface area contributed by atoms with Crippen LogP contribution in [0.1, 0.15) is 30.7 Å². The number of thiophene rings is 1. The van der Waals surface area contributed by atoms with Crippen LogP contribution in [0.3, 0.4) is 0 Å². The lowest BCUT2D eigenvalue weighted by atomic mass is 10.1. The van der Waals surface area contributed by atoms with Crippen molar-refractivity contribution in [2.75, 3.05) is 6.54 Å². The van der Waals surface area contributed by atoms with Crippen molar-refractivity contribution in [3.63, 3.8) is 0 Å². The molecule has 0 radical (unpaired) electrons. The van der Waals surface area contributed by atoms with Gasteiger partial charge in [-0.2, -0.15) is 13.2 Å². The van der Waals surface area contributed by atoms with E-state index in [1.807, 2.05) is 24.4 Å². The molecule has 0 saturated heterocycles. The maximum atomic E-state index is 12.1. The molecule has 0 aromatic carbocycles. The second-order valence-electron chi connectivity index (χ2n) is 3.82. The number of rotatable bonds is 6. The molecule has 0 fully saturated rings. The van der Waals surface area contributed by atoms with Gasteiger partial charge in [0, 0.05) is 17.5 Å². The highest BCUT2D eigenvalue weighted by atomic mass is 32.1. The summed E-state index contributed by atoms with van der Waals surface area (Å²) in [4.78, 5) is 1.00. The summed E-state index contributed by atoms with van der Waals surface area (Å²) in [5.74, 6) is 0. The summed E-state index contributed by atoms with van der Waals surface area (Å²) in [6.45, 7) is 1.51. The topological polar surface area (TPSA) is 32.3 Å². The molecule has 2 unspecified atom stereocenters. The van der Waals surface area contributed by atoms with Gasteiger partial charge in [-0.05, 0) is 17.9 Å². The van der Waals surface area contributed by atoms with Crippen molar-refractivity contribution in [3.8, 4) is 0 Å². The number of halogens is 3. The van der Waals surface area contributed by atoms with Crippen molar-refractivity contribution in [3.05, 3.63) is 22.4 Å². The first-order chi connectivity index (χ1) is 7.95. The standard InChI is InChI=1S/C11H16F3NOS/c1-2-4-8(9-5-3-6-17-9)15-7-10(16)11(12,13)14/h3,5-6,8,10,15-16H,2,4,7H2,1H3. The maximum Gasteiger partial charge on any atom is 0.415 e. The fourth-order valence-corrected chi connectivity index (χ4v) is 2.33. The molecule has 0 amide bonds. The Kier molecular flexibility index (Phi) is 5.42. The van der Waals surface area contributed by atoms with Crippen LogP contribution < -0.4 is 5.32 Å². The first kappa shape index (κ1) is 14.5. The fraction of sp³-hybridized carbons (Fsp3) is 0.636. The highest BCUT2D eigenvalue weighted by molar-refractivity contribution is 7.10. The third-order valence-electron chi connectivity index (χ3n) is 2.40. The van der Waals surface area contributed by atoms with Crippen LogP contribution in [0.25, 0.3) is 0 Å². The molecular weight excluding hydrogens is 251 g/mol. The van der Waals surface area contributed by atoms with E-state index in [2.05, 4.69) is 5.32 Å². The van der Waals surface area contributed by atoms with E-state index in [-0.39, 0.29) is 6.04 Å². The SMILES string of the molecule is CCCC(NCC(O)C(F)(F)F)c1cccs1. The van der Waals surface area contributed by atoms with Gasteiger partial charge in [0.25, 0.3) is 0 Å². The highest BCUT2D eigenvalue weighted by Crippen LogP contribution is 2.24. The summed E-state index contributed by atoms with van der Waals surface area (Å²) < 4.78 is 36.4. The number of hydrogen-bond acceptors (Lipinski definition) is 3. The summed E-state index contributed by atoms with van der Waals surface area (Å²) in [5.41, 5.74) is 0. The van der Waals surface area contributed by atoms with Crippen LogP contribution in [-0.4, -0.2) is 23.9 Å². The zero-order chi connectivity index (χ0) is 12.9. The zero-order valence-corrected chi connectivity index (χ0v) is 10.3. The molecule has 0 aliphatic rings. The van der Waals surface area contributed by atoms with Crippen LogP contribution in [0, 0.1) is 0 Å². The summed E-state index contributed by atoms with van der Waals surface area (Å²) in [5, 5.41) is 13.6. The molecule has 1 aromatic heterocycles. The number of aliphatic hydroxyl groups is 1. The van der Waals surface area contributed by atoms with Gasteiger partial charge in [0.15, 0.2) is 6.10 Å². The smallest absolute Gasteiger partial charge is 0.382 e. The van der Waals surface area contributed by atoms with Gasteiger partial charge in [0.1, 0.15) is 0 Å². The van der Waals surface area contributed by atoms with Crippen LogP contribution >= 0.6 is 11.3 Å². The van der Waals surface area contributed by atoms with E-state index in [0.29, 0.717) is 0 Å². The second-order valence-corrected chi connectivity index (χ2v) is 4.80. The molecule has 0 aliphatic carbocycles. The van der Waals surface area contributed by atoms with E-state index < -0.39 is 18.8 Å². The van der Waals surface area contributed by atoms with E-state index in [1.54, 1.807) is 0 Å². The molecule has 0 aliphatic heterocycles. The summed E-state index contributed by atoms with van der Waals surface area (Å²) in [6.07, 6.45) is -5.23. The molecule has 1 aromatic rings. The monoisotopic (exact) mass is 267 g/mol. The van der Waals surface area contributed by atoms with E-state index in [1.165, 1.54) is 11.3 Å². The van der Waals surface area contributed by atoms with Crippen LogP contribution in [0.15, 0.2) is 17.5 Å². The average molecular weight is 267 g/mol. The average Bonchev–Trinajstić information content (AvgIpc) is 2.75. The third kappa shape index (κ3) is 4.65. The Bertz CT molecular complexity index is 313. The molecule has 2 atom stereocenters. The van der Waals surface area contributed by atoms with Crippen molar-refractivity contribution in [1.82, 2.24) is 5.32 Å². The molecule has 17 heavy (non-hydrogen) atoms. The lowest BCUT2D eigenvalue weighted by Crippen LogP contribution is -2.39. The van der Waals surface area contributed by atoms with Crippen LogP contribution in [0.5, 0.6) is 0 Å². The van der Waals surface area contributed by atoms with Gasteiger partial charge < -0.3 is 10.4 Å². The van der Waals surface area contributed by atoms with Crippen molar-refractivity contribution in [1.29, 1.82) is 0 Å². The molecule has 0 saturated carbocycles. The van der Waals surface area contributed by atoms with E-state index in [4.69, 9.17) is 5.11 Å². The second kappa shape index (κ2) is 6.37. The summed E-state index contributed by atoms with van der Waals surface area (Å²) >= 11 is 1.50. The molecular formula is C11H16F3NOS. The van der Waals surface area contributed by atoms with Gasteiger partial charge in [-0.25, -0.2) is 0 Å². The van der Waals surface area contributed by atoms with Crippen LogP contribution in [0.4, 0.5) is 13.2 Å². The minimum absolute atomic E-state index is 0.114. The van der Waals surface area contributed by atoms with Crippen molar-refractivity contribution >= 4 is 11.3 Å². The van der Waals surface area contributed by atoms with Gasteiger partial charge in [-0.15, -0.1) is 11.3 Å². The zero-order valence-electron chi connectivity index (χ0n) is 9.50. The van der Waals surface area contributed by atoms with Gasteiger partial charge in [0.05, 0.1) is 0 Å². The summed E-state index contributed by atoms with van der Waals surface area (Å²) in [7, 11) is 0. The van der Waals surface area contributed by atoms with Gasteiger partial charge >= 0.3 is 6.18 Å². The maximum absolute atomic E-state index is 12.1. The molecule has 1 heterocycles. The van der Waals surface area contributed by atoms with Gasteiger partial charge in [0.2, 0.25) is 0 Å². The first-order valence-electron chi connectivity index (χ1n) is 5.46. The van der Waals surface area contributed by atoms with Crippen molar-refractivity contribution in [2.24, 2.45) is 0 Å². The molecule has 0 spiro atoms. The molecule has 1 rings (SSSR count). The van der Waals surface area contributed by atoms with Crippen molar-refractivity contribution in [2.45, 2.75) is 38.1 Å². The lowest BCUT2D eigenvalue weighted by Gasteiger charge is -2.20. The Morgan fingerprint density at radius 3 is 2.65 bits per heavy atom. The predicted molar refractivity (Wildman–Crippen MR) is 62.0 cm³/mol. The largest absolute Gasteiger partial charge is 0.415 e. The Balaban J connectivity index is 2.51. The molecule has 2 nitrogen and oxygen atoms in total. The van der Waals surface area contributed by atoms with E-state index >= 15 is 0 Å². The lowest BCUT2D eigenvalue weighted by molar-refractivity contribution is -0.202. The highest BCUT2D eigenvalue weighted by Gasteiger charge is 2.38. The minimum atomic E-state index is -4.56. The summed E-state index contributed by atoms with van der Waals surface area (Å²) in [6, 6.07) is 3.64. The molecule has 2 N–H and O–H groups in total. The minimum Gasteiger partial charge on any atom is -0.382 e. The molecule has 0 bridgehead atoms. The van der Waals surface area contributed by atoms with E-state index in [0.717, 1.165) is 17.7 Å². The Hall–Kier alpha value is -0.590. The van der Waals surface area contributed by atoms with Crippen LogP contribution in [-0.2, 0) is 0 Å². The number of aliphatic hydroxyl groups excluding tert-OH is 1. The number of nitrogens with one attached hydrogen (secondary N) is 1. The Morgan fingerprint density at radius 1 is 1.47 bits per heavy atom. The molecule has 6 heteroatoms. The number of hydrogen-bond donors (Lipinski definition) is 2. The first-order valence-corrected chi connectivity index (χ1v) is 6.34. The normalized spacial score (nSPS) is 15.8.